The molecule has 0 aromatic carbocycles. The van der Waals surface area contributed by atoms with Crippen LogP contribution in [0.25, 0.3) is 0 Å². The van der Waals surface area contributed by atoms with Crippen molar-refractivity contribution in [2.45, 2.75) is 412 Å². The fraction of sp³-hybridized carbons (Fsp3) is 0.857. The molecule has 0 heterocycles. The zero-order valence-electron chi connectivity index (χ0n) is 56.0. The highest BCUT2D eigenvalue weighted by molar-refractivity contribution is 5.71. The van der Waals surface area contributed by atoms with E-state index in [0.29, 0.717) is 19.3 Å². The Morgan fingerprint density at radius 3 is 0.699 bits per heavy atom. The predicted molar refractivity (Wildman–Crippen MR) is 362 cm³/mol. The van der Waals surface area contributed by atoms with E-state index in [1.807, 2.05) is 0 Å². The van der Waals surface area contributed by atoms with Gasteiger partial charge in [-0.15, -0.1) is 0 Å². The lowest BCUT2D eigenvalue weighted by Gasteiger charge is -2.18. The zero-order valence-corrected chi connectivity index (χ0v) is 56.0. The monoisotopic (exact) mass is 1160 g/mol. The highest BCUT2D eigenvalue weighted by Gasteiger charge is 2.19. The van der Waals surface area contributed by atoms with Gasteiger partial charge in [0.05, 0.1) is 0 Å². The first-order valence-corrected chi connectivity index (χ1v) is 37.1. The van der Waals surface area contributed by atoms with Crippen LogP contribution in [0.3, 0.4) is 0 Å². The van der Waals surface area contributed by atoms with Gasteiger partial charge in [-0.2, -0.15) is 0 Å². The Balaban J connectivity index is 4.31. The summed E-state index contributed by atoms with van der Waals surface area (Å²) in [7, 11) is 0. The maximum Gasteiger partial charge on any atom is 0.306 e. The van der Waals surface area contributed by atoms with Crippen LogP contribution in [0.5, 0.6) is 0 Å². The molecule has 0 saturated heterocycles. The van der Waals surface area contributed by atoms with Crippen molar-refractivity contribution >= 4 is 17.9 Å². The maximum atomic E-state index is 13.0. The molecule has 0 aliphatic carbocycles. The van der Waals surface area contributed by atoms with E-state index in [1.54, 1.807) is 0 Å². The molecule has 0 rings (SSSR count). The largest absolute Gasteiger partial charge is 0.462 e. The maximum absolute atomic E-state index is 13.0. The Morgan fingerprint density at radius 2 is 0.434 bits per heavy atom. The Kier molecular flexibility index (Phi) is 69.6. The lowest BCUT2D eigenvalue weighted by Crippen LogP contribution is -2.30. The molecule has 0 aliphatic heterocycles. The first kappa shape index (κ1) is 80.4. The third kappa shape index (κ3) is 70.0. The van der Waals surface area contributed by atoms with Gasteiger partial charge in [0, 0.05) is 19.3 Å². The Hall–Kier alpha value is -2.63. The molecule has 83 heavy (non-hydrogen) atoms. The van der Waals surface area contributed by atoms with Gasteiger partial charge in [0.1, 0.15) is 13.2 Å². The molecule has 0 aliphatic rings. The second kappa shape index (κ2) is 71.8. The number of unbranched alkanes of at least 4 members (excludes halogenated alkanes) is 50. The molecular formula is C77H142O6. The van der Waals surface area contributed by atoms with Crippen molar-refractivity contribution in [2.24, 2.45) is 0 Å². The van der Waals surface area contributed by atoms with Crippen LogP contribution in [0.1, 0.15) is 406 Å². The lowest BCUT2D eigenvalue weighted by molar-refractivity contribution is -0.167. The van der Waals surface area contributed by atoms with Crippen LogP contribution in [0, 0.1) is 0 Å². The van der Waals surface area contributed by atoms with Crippen LogP contribution in [0.15, 0.2) is 48.6 Å². The average molecular weight is 1160 g/mol. The van der Waals surface area contributed by atoms with Crippen LogP contribution in [0.4, 0.5) is 0 Å². The lowest BCUT2D eigenvalue weighted by atomic mass is 10.0. The van der Waals surface area contributed by atoms with Gasteiger partial charge in [0.15, 0.2) is 6.10 Å². The number of carbonyl (C=O) groups excluding carboxylic acids is 3. The summed E-state index contributed by atoms with van der Waals surface area (Å²) in [5.41, 5.74) is 0. The van der Waals surface area contributed by atoms with Gasteiger partial charge in [0.25, 0.3) is 0 Å². The van der Waals surface area contributed by atoms with Gasteiger partial charge in [-0.05, 0) is 103 Å². The molecule has 0 bridgehead atoms. The summed E-state index contributed by atoms with van der Waals surface area (Å²) >= 11 is 0. The molecule has 1 unspecified atom stereocenters. The Labute approximate surface area is 518 Å². The minimum absolute atomic E-state index is 0.0716. The zero-order chi connectivity index (χ0) is 59.9. The van der Waals surface area contributed by atoms with Crippen LogP contribution < -0.4 is 0 Å². The van der Waals surface area contributed by atoms with Crippen LogP contribution in [0.2, 0.25) is 0 Å². The predicted octanol–water partition coefficient (Wildman–Crippen LogP) is 25.7. The molecule has 0 saturated carbocycles. The summed E-state index contributed by atoms with van der Waals surface area (Å²) in [6.45, 7) is 6.69. The van der Waals surface area contributed by atoms with E-state index in [1.165, 1.54) is 302 Å². The fourth-order valence-corrected chi connectivity index (χ4v) is 11.2. The number of carbonyl (C=O) groups is 3. The topological polar surface area (TPSA) is 78.9 Å². The molecular weight excluding hydrogens is 1020 g/mol. The van der Waals surface area contributed by atoms with E-state index in [2.05, 4.69) is 69.4 Å². The highest BCUT2D eigenvalue weighted by atomic mass is 16.6. The Bertz CT molecular complexity index is 1430. The molecule has 0 aromatic heterocycles. The molecule has 6 nitrogen and oxygen atoms in total. The van der Waals surface area contributed by atoms with Crippen molar-refractivity contribution in [3.05, 3.63) is 48.6 Å². The van der Waals surface area contributed by atoms with Crippen molar-refractivity contribution in [1.29, 1.82) is 0 Å². The highest BCUT2D eigenvalue weighted by Crippen LogP contribution is 2.18. The number of allylic oxidation sites excluding steroid dienone is 8. The second-order valence-electron chi connectivity index (χ2n) is 25.2. The van der Waals surface area contributed by atoms with Crippen molar-refractivity contribution < 1.29 is 28.6 Å². The Morgan fingerprint density at radius 1 is 0.241 bits per heavy atom. The molecule has 0 amide bonds. The van der Waals surface area contributed by atoms with Crippen molar-refractivity contribution in [3.63, 3.8) is 0 Å². The van der Waals surface area contributed by atoms with Crippen molar-refractivity contribution in [1.82, 2.24) is 0 Å². The number of ether oxygens (including phenoxy) is 3. The van der Waals surface area contributed by atoms with E-state index >= 15 is 0 Å². The summed E-state index contributed by atoms with van der Waals surface area (Å²) in [5.74, 6) is -0.849. The number of hydrogen-bond donors (Lipinski definition) is 0. The van der Waals surface area contributed by atoms with Crippen LogP contribution in [-0.4, -0.2) is 37.2 Å². The van der Waals surface area contributed by atoms with E-state index in [9.17, 15) is 14.4 Å². The van der Waals surface area contributed by atoms with E-state index in [-0.39, 0.29) is 31.1 Å². The second-order valence-corrected chi connectivity index (χ2v) is 25.2. The van der Waals surface area contributed by atoms with Gasteiger partial charge in [-0.1, -0.05) is 333 Å². The smallest absolute Gasteiger partial charge is 0.306 e. The average Bonchev–Trinajstić information content (AvgIpc) is 3.49. The third-order valence-corrected chi connectivity index (χ3v) is 16.8. The van der Waals surface area contributed by atoms with Crippen LogP contribution in [-0.2, 0) is 28.6 Å². The van der Waals surface area contributed by atoms with E-state index < -0.39 is 6.10 Å². The summed E-state index contributed by atoms with van der Waals surface area (Å²) in [6, 6.07) is 0. The van der Waals surface area contributed by atoms with Gasteiger partial charge in [0.2, 0.25) is 0 Å². The fourth-order valence-electron chi connectivity index (χ4n) is 11.2. The first-order valence-electron chi connectivity index (χ1n) is 37.1. The van der Waals surface area contributed by atoms with Gasteiger partial charge in [-0.3, -0.25) is 14.4 Å². The van der Waals surface area contributed by atoms with Gasteiger partial charge in [-0.25, -0.2) is 0 Å². The molecule has 1 atom stereocenters. The third-order valence-electron chi connectivity index (χ3n) is 16.8. The number of rotatable bonds is 69. The first-order chi connectivity index (χ1) is 41.0. The normalized spacial score (nSPS) is 12.3. The summed E-state index contributed by atoms with van der Waals surface area (Å²) in [6.07, 6.45) is 91.4. The van der Waals surface area contributed by atoms with Gasteiger partial charge >= 0.3 is 17.9 Å². The SMILES string of the molecule is CCCCC/C=C\C/C=C\CCCCCCCCCCCC(=O)OCC(COC(=O)CCCCCCCCCCCCCCC/C=C\CCCCCCCCCC)OC(=O)CCCCCCCCCCC/C=C\CCCCCCCCCC. The van der Waals surface area contributed by atoms with Gasteiger partial charge < -0.3 is 14.2 Å². The molecule has 0 spiro atoms. The summed E-state index contributed by atoms with van der Waals surface area (Å²) in [4.78, 5) is 38.5. The molecule has 0 aromatic rings. The summed E-state index contributed by atoms with van der Waals surface area (Å²) in [5, 5.41) is 0. The minimum Gasteiger partial charge on any atom is -0.462 e. The molecule has 0 radical (unpaired) electrons. The molecule has 486 valence electrons. The minimum atomic E-state index is -0.777. The van der Waals surface area contributed by atoms with Crippen molar-refractivity contribution in [3.8, 4) is 0 Å². The van der Waals surface area contributed by atoms with E-state index in [0.717, 1.165) is 64.2 Å². The van der Waals surface area contributed by atoms with E-state index in [4.69, 9.17) is 14.2 Å². The van der Waals surface area contributed by atoms with Crippen molar-refractivity contribution in [2.75, 3.05) is 13.2 Å². The molecule has 6 heteroatoms. The van der Waals surface area contributed by atoms with Crippen LogP contribution >= 0.6 is 0 Å². The molecule has 0 N–H and O–H groups in total. The number of esters is 3. The molecule has 0 fully saturated rings. The quantitative estimate of drug-likeness (QED) is 0.0261. The standard InChI is InChI=1S/C77H142O6/c1-4-7-10-13-16-19-22-25-28-31-34-36-37-38-39-41-43-46-49-52-55-58-61-64-67-70-76(79)82-73-74(72-81-75(78)69-66-63-60-57-54-51-48-45-42-33-30-27-24-21-18-15-12-9-6-3)83-77(80)71-68-65-62-59-56-53-50-47-44-40-35-32-29-26-23-20-17-14-11-8-5-2/h18,21,27,30-32,34-35,74H,4-17,19-20,22-26,28-29,33,36-73H2,1-3H3/b21-18-,30-27-,34-31-,35-32-. The number of hydrogen-bond acceptors (Lipinski definition) is 6. The summed E-state index contributed by atoms with van der Waals surface area (Å²) < 4.78 is 17.0.